The predicted octanol–water partition coefficient (Wildman–Crippen LogP) is 0.844. The van der Waals surface area contributed by atoms with E-state index in [1.807, 2.05) is 0 Å². The summed E-state index contributed by atoms with van der Waals surface area (Å²) in [6.45, 7) is 0.0457. The second-order valence-electron chi connectivity index (χ2n) is 5.40. The first-order chi connectivity index (χ1) is 10.1. The topological polar surface area (TPSA) is 95.3 Å². The Hall–Kier alpha value is -1.18. The number of aromatic nitrogens is 2. The fraction of sp³-hybridized carbons (Fsp3) is 0.571. The van der Waals surface area contributed by atoms with Gasteiger partial charge in [-0.05, 0) is 42.2 Å². The number of aliphatic hydroxyl groups is 2. The molecule has 1 aliphatic rings. The summed E-state index contributed by atoms with van der Waals surface area (Å²) in [7, 11) is 0. The average molecular weight is 359 g/mol. The summed E-state index contributed by atoms with van der Waals surface area (Å²) in [6.07, 6.45) is 5.24. The van der Waals surface area contributed by atoms with E-state index in [1.165, 1.54) is 4.57 Å². The Bertz CT molecular complexity index is 622. The second-order valence-corrected chi connectivity index (χ2v) is 5.92. The minimum atomic E-state index is -0.434. The van der Waals surface area contributed by atoms with Gasteiger partial charge in [-0.25, -0.2) is 4.79 Å². The third-order valence-electron chi connectivity index (χ3n) is 4.21. The van der Waals surface area contributed by atoms with Gasteiger partial charge in [0, 0.05) is 25.5 Å². The summed E-state index contributed by atoms with van der Waals surface area (Å²) in [5.41, 5.74) is -0.457. The summed E-state index contributed by atoms with van der Waals surface area (Å²) in [4.78, 5) is 27.5. The Morgan fingerprint density at radius 1 is 1.29 bits per heavy atom. The molecule has 6 nitrogen and oxygen atoms in total. The van der Waals surface area contributed by atoms with Crippen LogP contribution in [0.3, 0.4) is 0 Å². The lowest BCUT2D eigenvalue weighted by Gasteiger charge is -2.35. The number of H-pyrrole nitrogens is 1. The minimum absolute atomic E-state index is 0.00596. The molecular weight excluding hydrogens is 340 g/mol. The van der Waals surface area contributed by atoms with Crippen LogP contribution in [-0.4, -0.2) is 33.0 Å². The Balaban J connectivity index is 2.32. The molecule has 3 atom stereocenters. The van der Waals surface area contributed by atoms with E-state index in [4.69, 9.17) is 0 Å². The number of rotatable bonds is 4. The normalized spacial score (nSPS) is 26.3. The highest BCUT2D eigenvalue weighted by Gasteiger charge is 2.31. The van der Waals surface area contributed by atoms with Gasteiger partial charge in [0.2, 0.25) is 0 Å². The van der Waals surface area contributed by atoms with Crippen LogP contribution in [0, 0.1) is 11.8 Å². The highest BCUT2D eigenvalue weighted by molar-refractivity contribution is 9.11. The van der Waals surface area contributed by atoms with Crippen LogP contribution in [0.2, 0.25) is 0 Å². The smallest absolute Gasteiger partial charge is 0.328 e. The van der Waals surface area contributed by atoms with Gasteiger partial charge < -0.3 is 10.2 Å². The molecule has 0 amide bonds. The summed E-state index contributed by atoms with van der Waals surface area (Å²) in [6, 6.07) is -0.0724. The van der Waals surface area contributed by atoms with Crippen LogP contribution in [-0.2, 0) is 0 Å². The van der Waals surface area contributed by atoms with E-state index in [2.05, 4.69) is 20.9 Å². The third kappa shape index (κ3) is 3.53. The first-order valence-corrected chi connectivity index (χ1v) is 7.86. The van der Waals surface area contributed by atoms with Crippen molar-refractivity contribution in [2.75, 3.05) is 13.2 Å². The SMILES string of the molecule is O=c1[nH]c(=O)n(C2CCC(CO)C(CO)C2)cc1C=CBr. The lowest BCUT2D eigenvalue weighted by atomic mass is 9.77. The molecule has 2 rings (SSSR count). The molecule has 1 aromatic heterocycles. The molecule has 1 saturated carbocycles. The molecule has 1 heterocycles. The quantitative estimate of drug-likeness (QED) is 0.743. The zero-order chi connectivity index (χ0) is 15.4. The maximum atomic E-state index is 12.0. The van der Waals surface area contributed by atoms with Crippen LogP contribution >= 0.6 is 15.9 Å². The molecule has 0 saturated heterocycles. The molecular formula is C14H19BrN2O4. The first-order valence-electron chi connectivity index (χ1n) is 6.94. The lowest BCUT2D eigenvalue weighted by Crippen LogP contribution is -2.38. The molecule has 116 valence electrons. The molecule has 0 spiro atoms. The van der Waals surface area contributed by atoms with Gasteiger partial charge in [0.1, 0.15) is 0 Å². The van der Waals surface area contributed by atoms with E-state index in [0.29, 0.717) is 12.0 Å². The van der Waals surface area contributed by atoms with Crippen molar-refractivity contribution in [3.05, 3.63) is 37.6 Å². The zero-order valence-electron chi connectivity index (χ0n) is 11.5. The molecule has 1 aliphatic carbocycles. The monoisotopic (exact) mass is 358 g/mol. The van der Waals surface area contributed by atoms with Crippen molar-refractivity contribution in [2.45, 2.75) is 25.3 Å². The van der Waals surface area contributed by atoms with Crippen LogP contribution in [0.25, 0.3) is 6.08 Å². The molecule has 0 radical (unpaired) electrons. The van der Waals surface area contributed by atoms with E-state index in [-0.39, 0.29) is 31.1 Å². The van der Waals surface area contributed by atoms with Gasteiger partial charge in [-0.3, -0.25) is 14.3 Å². The number of aromatic amines is 1. The van der Waals surface area contributed by atoms with E-state index in [9.17, 15) is 19.8 Å². The van der Waals surface area contributed by atoms with Gasteiger partial charge in [0.05, 0.1) is 5.56 Å². The molecule has 21 heavy (non-hydrogen) atoms. The number of nitrogens with zero attached hydrogens (tertiary/aromatic N) is 1. The van der Waals surface area contributed by atoms with Crippen molar-refractivity contribution >= 4 is 22.0 Å². The van der Waals surface area contributed by atoms with Crippen LogP contribution in [0.1, 0.15) is 30.9 Å². The van der Waals surface area contributed by atoms with E-state index in [0.717, 1.165) is 12.8 Å². The van der Waals surface area contributed by atoms with E-state index in [1.54, 1.807) is 17.3 Å². The number of hydrogen-bond donors (Lipinski definition) is 3. The van der Waals surface area contributed by atoms with Crippen molar-refractivity contribution in [1.29, 1.82) is 0 Å². The molecule has 1 aromatic rings. The van der Waals surface area contributed by atoms with Crippen molar-refractivity contribution in [1.82, 2.24) is 9.55 Å². The standard InChI is InChI=1S/C14H19BrN2O4/c15-4-3-9-6-17(14(21)16-13(9)20)12-2-1-10(7-18)11(5-12)8-19/h3-4,6,10-12,18-19H,1-2,5,7-8H2,(H,16,20,21). The second kappa shape index (κ2) is 7.20. The number of nitrogens with one attached hydrogen (secondary N) is 1. The van der Waals surface area contributed by atoms with Crippen LogP contribution in [0.4, 0.5) is 0 Å². The van der Waals surface area contributed by atoms with E-state index < -0.39 is 11.2 Å². The van der Waals surface area contributed by atoms with E-state index >= 15 is 0 Å². The number of hydrogen-bond acceptors (Lipinski definition) is 4. The summed E-state index contributed by atoms with van der Waals surface area (Å²) < 4.78 is 1.53. The predicted molar refractivity (Wildman–Crippen MR) is 83.3 cm³/mol. The van der Waals surface area contributed by atoms with Crippen molar-refractivity contribution in [3.63, 3.8) is 0 Å². The Kier molecular flexibility index (Phi) is 5.55. The summed E-state index contributed by atoms with van der Waals surface area (Å²) in [5.74, 6) is 0.0503. The molecule has 0 bridgehead atoms. The molecule has 7 heteroatoms. The minimum Gasteiger partial charge on any atom is -0.396 e. The van der Waals surface area contributed by atoms with Gasteiger partial charge in [-0.1, -0.05) is 15.9 Å². The van der Waals surface area contributed by atoms with Gasteiger partial charge >= 0.3 is 5.69 Å². The molecule has 0 aromatic carbocycles. The Labute approximate surface area is 130 Å². The Morgan fingerprint density at radius 2 is 2.00 bits per heavy atom. The van der Waals surface area contributed by atoms with Gasteiger partial charge in [0.15, 0.2) is 0 Å². The third-order valence-corrected chi connectivity index (χ3v) is 4.48. The van der Waals surface area contributed by atoms with Crippen LogP contribution in [0.5, 0.6) is 0 Å². The van der Waals surface area contributed by atoms with Gasteiger partial charge in [0.25, 0.3) is 5.56 Å². The molecule has 1 fully saturated rings. The molecule has 3 unspecified atom stereocenters. The highest BCUT2D eigenvalue weighted by atomic mass is 79.9. The average Bonchev–Trinajstić information content (AvgIpc) is 2.49. The maximum Gasteiger partial charge on any atom is 0.328 e. The van der Waals surface area contributed by atoms with Crippen LogP contribution in [0.15, 0.2) is 20.8 Å². The zero-order valence-corrected chi connectivity index (χ0v) is 13.1. The fourth-order valence-corrected chi connectivity index (χ4v) is 3.26. The van der Waals surface area contributed by atoms with Crippen molar-refractivity contribution in [3.8, 4) is 0 Å². The van der Waals surface area contributed by atoms with Crippen molar-refractivity contribution < 1.29 is 10.2 Å². The van der Waals surface area contributed by atoms with Crippen LogP contribution < -0.4 is 11.2 Å². The fourth-order valence-electron chi connectivity index (χ4n) is 2.98. The number of halogens is 1. The Morgan fingerprint density at radius 3 is 2.62 bits per heavy atom. The molecule has 0 aliphatic heterocycles. The highest BCUT2D eigenvalue weighted by Crippen LogP contribution is 2.35. The first kappa shape index (κ1) is 16.2. The van der Waals surface area contributed by atoms with Gasteiger partial charge in [-0.2, -0.15) is 0 Å². The van der Waals surface area contributed by atoms with Gasteiger partial charge in [-0.15, -0.1) is 0 Å². The number of aliphatic hydroxyl groups excluding tert-OH is 2. The largest absolute Gasteiger partial charge is 0.396 e. The molecule has 3 N–H and O–H groups in total. The summed E-state index contributed by atoms with van der Waals surface area (Å²) >= 11 is 3.12. The lowest BCUT2D eigenvalue weighted by molar-refractivity contribution is 0.0661. The summed E-state index contributed by atoms with van der Waals surface area (Å²) in [5, 5.41) is 18.7. The maximum absolute atomic E-state index is 12.0. The van der Waals surface area contributed by atoms with Crippen molar-refractivity contribution in [2.24, 2.45) is 11.8 Å².